The number of carbonyl (C=O) groups excluding carboxylic acids is 1. The van der Waals surface area contributed by atoms with Crippen LogP contribution in [0.3, 0.4) is 0 Å². The molecule has 0 saturated carbocycles. The maximum atomic E-state index is 13.5. The molecule has 0 fully saturated rings. The number of fused-ring (bicyclic) bond motifs is 1. The molecule has 0 bridgehead atoms. The van der Waals surface area contributed by atoms with Crippen LogP contribution in [-0.4, -0.2) is 33.1 Å². The van der Waals surface area contributed by atoms with Gasteiger partial charge in [0, 0.05) is 18.0 Å². The lowest BCUT2D eigenvalue weighted by Crippen LogP contribution is -2.28. The number of aryl methyl sites for hydroxylation is 1. The molecule has 188 valence electrons. The van der Waals surface area contributed by atoms with Crippen molar-refractivity contribution in [2.45, 2.75) is 42.0 Å². The van der Waals surface area contributed by atoms with Crippen LogP contribution in [0.5, 0.6) is 5.75 Å². The summed E-state index contributed by atoms with van der Waals surface area (Å²) in [6.45, 7) is 0.562. The Labute approximate surface area is 224 Å². The van der Waals surface area contributed by atoms with Gasteiger partial charge in [-0.3, -0.25) is 9.78 Å². The van der Waals surface area contributed by atoms with Gasteiger partial charge in [-0.1, -0.05) is 48.2 Å². The second-order valence-corrected chi connectivity index (χ2v) is 11.3. The van der Waals surface area contributed by atoms with Gasteiger partial charge in [0.25, 0.3) is 0 Å². The fourth-order valence-corrected chi connectivity index (χ4v) is 6.56. The van der Waals surface area contributed by atoms with Crippen LogP contribution in [0.1, 0.15) is 31.2 Å². The molecule has 2 aromatic heterocycles. The first-order valence-corrected chi connectivity index (χ1v) is 14.0. The minimum atomic E-state index is -1.29. The van der Waals surface area contributed by atoms with Crippen LogP contribution >= 0.6 is 23.1 Å². The second-order valence-electron chi connectivity index (χ2n) is 8.94. The molecule has 1 N–H and O–H groups in total. The van der Waals surface area contributed by atoms with Gasteiger partial charge < -0.3 is 9.84 Å². The molecule has 7 heteroatoms. The van der Waals surface area contributed by atoms with Crippen molar-refractivity contribution in [2.24, 2.45) is 0 Å². The van der Waals surface area contributed by atoms with Gasteiger partial charge in [-0.15, -0.1) is 11.3 Å². The third-order valence-corrected chi connectivity index (χ3v) is 8.39. The Morgan fingerprint density at radius 2 is 1.78 bits per heavy atom. The van der Waals surface area contributed by atoms with Crippen molar-refractivity contribution in [2.75, 3.05) is 6.61 Å². The van der Waals surface area contributed by atoms with E-state index in [9.17, 15) is 9.90 Å². The van der Waals surface area contributed by atoms with Crippen molar-refractivity contribution in [3.8, 4) is 5.75 Å². The summed E-state index contributed by atoms with van der Waals surface area (Å²) in [4.78, 5) is 22.8. The van der Waals surface area contributed by atoms with Crippen molar-refractivity contribution in [1.82, 2.24) is 9.97 Å². The zero-order valence-corrected chi connectivity index (χ0v) is 22.0. The number of hydrogen-bond donors (Lipinski definition) is 1. The number of unbranched alkanes of at least 4 members (excludes halogenated alkanes) is 1. The molecule has 2 aromatic carbocycles. The van der Waals surface area contributed by atoms with Crippen molar-refractivity contribution in [3.63, 3.8) is 0 Å². The second kappa shape index (κ2) is 11.9. The average molecular weight is 529 g/mol. The number of carbonyl (C=O) groups is 1. The van der Waals surface area contributed by atoms with E-state index in [1.54, 1.807) is 29.8 Å². The number of benzene rings is 2. The first-order valence-electron chi connectivity index (χ1n) is 12.4. The number of aliphatic hydroxyl groups is 1. The number of thioether (sulfide) groups is 1. The van der Waals surface area contributed by atoms with Gasteiger partial charge in [-0.2, -0.15) is 0 Å². The van der Waals surface area contributed by atoms with Crippen LogP contribution < -0.4 is 4.74 Å². The maximum absolute atomic E-state index is 13.5. The Balaban J connectivity index is 1.28. The van der Waals surface area contributed by atoms with E-state index >= 15 is 0 Å². The smallest absolute Gasteiger partial charge is 0.198 e. The highest BCUT2D eigenvalue weighted by Gasteiger charge is 2.41. The average Bonchev–Trinajstić information content (AvgIpc) is 3.43. The zero-order chi connectivity index (χ0) is 25.5. The molecule has 4 aromatic rings. The van der Waals surface area contributed by atoms with Gasteiger partial charge in [-0.25, -0.2) is 4.98 Å². The van der Waals surface area contributed by atoms with E-state index in [0.717, 1.165) is 45.1 Å². The van der Waals surface area contributed by atoms with Crippen molar-refractivity contribution >= 4 is 39.1 Å². The lowest BCUT2D eigenvalue weighted by atomic mass is 9.89. The maximum Gasteiger partial charge on any atom is 0.198 e. The first-order chi connectivity index (χ1) is 18.1. The highest BCUT2D eigenvalue weighted by atomic mass is 32.2. The van der Waals surface area contributed by atoms with E-state index in [0.29, 0.717) is 29.9 Å². The molecule has 0 saturated heterocycles. The standard InChI is InChI=1S/C30H28N2O3S2/c33-28-24(12-8-9-22-15-18-31-19-16-22)30(34,17-6-7-20-35-23-10-2-1-3-11-23)21-27(28)37-29-32-25-13-4-5-14-26(25)36-29/h1-5,10-16,18-19,21,34H,6-9,17,20H2/b24-12-. The highest BCUT2D eigenvalue weighted by Crippen LogP contribution is 2.43. The van der Waals surface area contributed by atoms with E-state index in [-0.39, 0.29) is 5.78 Å². The number of thiazole rings is 1. The minimum Gasteiger partial charge on any atom is -0.494 e. The highest BCUT2D eigenvalue weighted by molar-refractivity contribution is 8.05. The molecular weight excluding hydrogens is 500 g/mol. The van der Waals surface area contributed by atoms with Gasteiger partial charge in [-0.05, 0) is 80.1 Å². The number of rotatable bonds is 11. The molecule has 1 atom stereocenters. The quantitative estimate of drug-likeness (QED) is 0.171. The van der Waals surface area contributed by atoms with Crippen LogP contribution in [0.4, 0.5) is 0 Å². The monoisotopic (exact) mass is 528 g/mol. The van der Waals surface area contributed by atoms with Crippen molar-refractivity contribution in [1.29, 1.82) is 0 Å². The Morgan fingerprint density at radius 1 is 1.00 bits per heavy atom. The number of hydrogen-bond acceptors (Lipinski definition) is 7. The predicted octanol–water partition coefficient (Wildman–Crippen LogP) is 6.79. The number of allylic oxidation sites excluding steroid dienone is 2. The van der Waals surface area contributed by atoms with Crippen molar-refractivity contribution in [3.05, 3.63) is 107 Å². The largest absolute Gasteiger partial charge is 0.494 e. The topological polar surface area (TPSA) is 72.3 Å². The van der Waals surface area contributed by atoms with Gasteiger partial charge >= 0.3 is 0 Å². The molecule has 1 unspecified atom stereocenters. The SMILES string of the molecule is O=C1C(Sc2nc3ccccc3s2)=CC(O)(CCCCOc2ccccc2)/C1=C\CCc1ccncc1. The Bertz CT molecular complexity index is 1380. The fraction of sp³-hybridized carbons (Fsp3) is 0.233. The predicted molar refractivity (Wildman–Crippen MR) is 150 cm³/mol. The van der Waals surface area contributed by atoms with Gasteiger partial charge in [0.2, 0.25) is 0 Å². The van der Waals surface area contributed by atoms with Crippen LogP contribution in [0.15, 0.2) is 106 Å². The van der Waals surface area contributed by atoms with E-state index in [1.165, 1.54) is 11.8 Å². The zero-order valence-electron chi connectivity index (χ0n) is 20.4. The fourth-order valence-electron chi connectivity index (χ4n) is 4.37. The van der Waals surface area contributed by atoms with Gasteiger partial charge in [0.1, 0.15) is 11.4 Å². The lowest BCUT2D eigenvalue weighted by molar-refractivity contribution is -0.112. The molecule has 5 rings (SSSR count). The number of para-hydroxylation sites is 2. The van der Waals surface area contributed by atoms with Gasteiger partial charge in [0.15, 0.2) is 10.1 Å². The van der Waals surface area contributed by atoms with E-state index in [2.05, 4.69) is 9.97 Å². The number of nitrogens with zero attached hydrogens (tertiary/aromatic N) is 2. The van der Waals surface area contributed by atoms with Crippen LogP contribution in [0.2, 0.25) is 0 Å². The molecule has 0 radical (unpaired) electrons. The van der Waals surface area contributed by atoms with E-state index in [4.69, 9.17) is 4.74 Å². The molecule has 0 aliphatic heterocycles. The number of ether oxygens (including phenoxy) is 1. The van der Waals surface area contributed by atoms with E-state index < -0.39 is 5.60 Å². The Hall–Kier alpha value is -3.26. The summed E-state index contributed by atoms with van der Waals surface area (Å²) in [5, 5.41) is 11.7. The molecule has 37 heavy (non-hydrogen) atoms. The molecule has 0 amide bonds. The molecule has 1 aliphatic carbocycles. The van der Waals surface area contributed by atoms with Crippen LogP contribution in [0, 0.1) is 0 Å². The summed E-state index contributed by atoms with van der Waals surface area (Å²) in [6.07, 6.45) is 10.6. The van der Waals surface area contributed by atoms with Crippen LogP contribution in [0.25, 0.3) is 10.2 Å². The summed E-state index contributed by atoms with van der Waals surface area (Å²) >= 11 is 2.91. The molecular formula is C30H28N2O3S2. The lowest BCUT2D eigenvalue weighted by Gasteiger charge is -2.22. The molecule has 1 aliphatic rings. The Morgan fingerprint density at radius 3 is 2.59 bits per heavy atom. The summed E-state index contributed by atoms with van der Waals surface area (Å²) < 4.78 is 7.68. The summed E-state index contributed by atoms with van der Waals surface area (Å²) in [5.41, 5.74) is 1.24. The number of ketones is 1. The summed E-state index contributed by atoms with van der Waals surface area (Å²) in [6, 6.07) is 21.6. The normalized spacial score (nSPS) is 18.5. The Kier molecular flexibility index (Phi) is 8.14. The molecule has 0 spiro atoms. The van der Waals surface area contributed by atoms with E-state index in [1.807, 2.05) is 72.8 Å². The van der Waals surface area contributed by atoms with Gasteiger partial charge in [0.05, 0.1) is 21.7 Å². The van der Waals surface area contributed by atoms with Crippen LogP contribution in [-0.2, 0) is 11.2 Å². The third-order valence-electron chi connectivity index (χ3n) is 6.27. The summed E-state index contributed by atoms with van der Waals surface area (Å²) in [7, 11) is 0. The molecule has 2 heterocycles. The van der Waals surface area contributed by atoms with Crippen molar-refractivity contribution < 1.29 is 14.6 Å². The number of pyridine rings is 1. The molecule has 5 nitrogen and oxygen atoms in total. The number of aromatic nitrogens is 2. The first kappa shape index (κ1) is 25.4. The minimum absolute atomic E-state index is 0.109. The third kappa shape index (κ3) is 6.36. The summed E-state index contributed by atoms with van der Waals surface area (Å²) in [5.74, 6) is 0.727. The number of Topliss-reactive ketones (excluding diaryl/α,β-unsaturated/α-hetero) is 1.